The van der Waals surface area contributed by atoms with Crippen molar-refractivity contribution in [3.05, 3.63) is 0 Å². The van der Waals surface area contributed by atoms with Gasteiger partial charge in [-0.25, -0.2) is 0 Å². The second-order valence-corrected chi connectivity index (χ2v) is 5.71. The summed E-state index contributed by atoms with van der Waals surface area (Å²) in [6.45, 7) is 6.53. The van der Waals surface area contributed by atoms with E-state index in [1.165, 1.54) is 0 Å². The standard InChI is InChI=1S/C13H26N4O2/c1-9(2)12(14)13(19)16-7-11(18)15-6-10-4-5-17(3)8-10/h9-10,12H,4-8,14H2,1-3H3,(H,15,18)(H,16,19)/t10?,12-/m0/s1. The van der Waals surface area contributed by atoms with Crippen LogP contribution in [0, 0.1) is 11.8 Å². The monoisotopic (exact) mass is 270 g/mol. The molecule has 0 radical (unpaired) electrons. The fraction of sp³-hybridized carbons (Fsp3) is 0.846. The van der Waals surface area contributed by atoms with E-state index in [2.05, 4.69) is 22.6 Å². The molecule has 0 aliphatic carbocycles. The van der Waals surface area contributed by atoms with Crippen molar-refractivity contribution in [1.29, 1.82) is 0 Å². The summed E-state index contributed by atoms with van der Waals surface area (Å²) < 4.78 is 0. The first-order valence-corrected chi connectivity index (χ1v) is 6.88. The van der Waals surface area contributed by atoms with Crippen LogP contribution in [0.3, 0.4) is 0 Å². The normalized spacial score (nSPS) is 21.4. The molecular formula is C13H26N4O2. The van der Waals surface area contributed by atoms with E-state index in [4.69, 9.17) is 5.73 Å². The first-order chi connectivity index (χ1) is 8.90. The number of carbonyl (C=O) groups excluding carboxylic acids is 2. The predicted molar refractivity (Wildman–Crippen MR) is 74.4 cm³/mol. The number of rotatable bonds is 6. The number of carbonyl (C=O) groups is 2. The van der Waals surface area contributed by atoms with Gasteiger partial charge in [-0.1, -0.05) is 13.8 Å². The van der Waals surface area contributed by atoms with Gasteiger partial charge in [-0.15, -0.1) is 0 Å². The summed E-state index contributed by atoms with van der Waals surface area (Å²) in [5.74, 6) is 0.157. The second-order valence-electron chi connectivity index (χ2n) is 5.71. The fourth-order valence-corrected chi connectivity index (χ4v) is 2.10. The Morgan fingerprint density at radius 3 is 2.58 bits per heavy atom. The molecule has 1 aliphatic rings. The molecule has 1 saturated heterocycles. The smallest absolute Gasteiger partial charge is 0.239 e. The molecule has 1 unspecified atom stereocenters. The van der Waals surface area contributed by atoms with E-state index in [-0.39, 0.29) is 24.3 Å². The molecule has 1 heterocycles. The summed E-state index contributed by atoms with van der Waals surface area (Å²) in [6.07, 6.45) is 1.11. The van der Waals surface area contributed by atoms with Crippen LogP contribution in [0.4, 0.5) is 0 Å². The minimum absolute atomic E-state index is 0.00180. The Morgan fingerprint density at radius 2 is 2.05 bits per heavy atom. The average molecular weight is 270 g/mol. The maximum Gasteiger partial charge on any atom is 0.239 e. The largest absolute Gasteiger partial charge is 0.354 e. The molecule has 2 atom stereocenters. The van der Waals surface area contributed by atoms with Crippen molar-refractivity contribution < 1.29 is 9.59 Å². The Hall–Kier alpha value is -1.14. The lowest BCUT2D eigenvalue weighted by Gasteiger charge is -2.16. The molecule has 4 N–H and O–H groups in total. The lowest BCUT2D eigenvalue weighted by molar-refractivity contribution is -0.127. The summed E-state index contributed by atoms with van der Waals surface area (Å²) in [7, 11) is 2.08. The van der Waals surface area contributed by atoms with Crippen molar-refractivity contribution in [3.63, 3.8) is 0 Å². The average Bonchev–Trinajstić information content (AvgIpc) is 2.78. The maximum absolute atomic E-state index is 11.6. The van der Waals surface area contributed by atoms with Crippen molar-refractivity contribution in [3.8, 4) is 0 Å². The third-order valence-electron chi connectivity index (χ3n) is 3.52. The summed E-state index contributed by atoms with van der Waals surface area (Å²) in [5.41, 5.74) is 5.69. The molecular weight excluding hydrogens is 244 g/mol. The van der Waals surface area contributed by atoms with Crippen LogP contribution in [-0.4, -0.2) is 56.0 Å². The lowest BCUT2D eigenvalue weighted by Crippen LogP contribution is -2.47. The van der Waals surface area contributed by atoms with Crippen LogP contribution in [0.1, 0.15) is 20.3 Å². The van der Waals surface area contributed by atoms with Crippen molar-refractivity contribution in [2.45, 2.75) is 26.3 Å². The molecule has 6 heteroatoms. The van der Waals surface area contributed by atoms with Gasteiger partial charge in [0, 0.05) is 13.1 Å². The van der Waals surface area contributed by atoms with E-state index in [9.17, 15) is 9.59 Å². The summed E-state index contributed by atoms with van der Waals surface area (Å²) in [6, 6.07) is -0.559. The third kappa shape index (κ3) is 5.57. The Morgan fingerprint density at radius 1 is 1.37 bits per heavy atom. The molecule has 1 rings (SSSR count). The van der Waals surface area contributed by atoms with Gasteiger partial charge in [0.15, 0.2) is 0 Å². The highest BCUT2D eigenvalue weighted by Crippen LogP contribution is 2.12. The Labute approximate surface area is 115 Å². The van der Waals surface area contributed by atoms with Crippen molar-refractivity contribution >= 4 is 11.8 Å². The summed E-state index contributed by atoms with van der Waals surface area (Å²) >= 11 is 0. The van der Waals surface area contributed by atoms with E-state index < -0.39 is 6.04 Å². The van der Waals surface area contributed by atoms with Gasteiger partial charge in [0.1, 0.15) is 0 Å². The zero-order valence-electron chi connectivity index (χ0n) is 12.1. The van der Waals surface area contributed by atoms with Crippen molar-refractivity contribution in [1.82, 2.24) is 15.5 Å². The van der Waals surface area contributed by atoms with Gasteiger partial charge < -0.3 is 21.3 Å². The Kier molecular flexibility index (Phi) is 6.24. The van der Waals surface area contributed by atoms with Crippen LogP contribution in [0.2, 0.25) is 0 Å². The molecule has 0 saturated carbocycles. The highest BCUT2D eigenvalue weighted by Gasteiger charge is 2.20. The Balaban J connectivity index is 2.16. The molecule has 0 spiro atoms. The first-order valence-electron chi connectivity index (χ1n) is 6.88. The van der Waals surface area contributed by atoms with Crippen molar-refractivity contribution in [2.75, 3.05) is 33.2 Å². The van der Waals surface area contributed by atoms with Gasteiger partial charge in [0.05, 0.1) is 12.6 Å². The maximum atomic E-state index is 11.6. The van der Waals surface area contributed by atoms with Crippen LogP contribution in [0.25, 0.3) is 0 Å². The molecule has 110 valence electrons. The number of nitrogens with one attached hydrogen (secondary N) is 2. The molecule has 1 aliphatic heterocycles. The predicted octanol–water partition coefficient (Wildman–Crippen LogP) is -0.846. The topological polar surface area (TPSA) is 87.5 Å². The van der Waals surface area contributed by atoms with Crippen LogP contribution in [0.15, 0.2) is 0 Å². The van der Waals surface area contributed by atoms with E-state index in [0.717, 1.165) is 19.5 Å². The van der Waals surface area contributed by atoms with Gasteiger partial charge in [0.2, 0.25) is 11.8 Å². The molecule has 0 aromatic rings. The van der Waals surface area contributed by atoms with E-state index in [0.29, 0.717) is 12.5 Å². The molecule has 6 nitrogen and oxygen atoms in total. The van der Waals surface area contributed by atoms with Crippen molar-refractivity contribution in [2.24, 2.45) is 17.6 Å². The number of nitrogens with two attached hydrogens (primary N) is 1. The van der Waals surface area contributed by atoms with Gasteiger partial charge >= 0.3 is 0 Å². The van der Waals surface area contributed by atoms with E-state index >= 15 is 0 Å². The summed E-state index contributed by atoms with van der Waals surface area (Å²) in [5, 5.41) is 5.41. The van der Waals surface area contributed by atoms with Gasteiger partial charge in [0.25, 0.3) is 0 Å². The number of hydrogen-bond acceptors (Lipinski definition) is 4. The highest BCUT2D eigenvalue weighted by molar-refractivity contribution is 5.87. The zero-order valence-corrected chi connectivity index (χ0v) is 12.1. The van der Waals surface area contributed by atoms with Crippen LogP contribution in [-0.2, 0) is 9.59 Å². The minimum atomic E-state index is -0.559. The van der Waals surface area contributed by atoms with Crippen LogP contribution < -0.4 is 16.4 Å². The molecule has 2 amide bonds. The van der Waals surface area contributed by atoms with E-state index in [1.807, 2.05) is 13.8 Å². The summed E-state index contributed by atoms with van der Waals surface area (Å²) in [4.78, 5) is 25.4. The molecule has 1 fully saturated rings. The van der Waals surface area contributed by atoms with Crippen LogP contribution >= 0.6 is 0 Å². The molecule has 0 bridgehead atoms. The SMILES string of the molecule is CC(C)[C@H](N)C(=O)NCC(=O)NCC1CCN(C)C1. The van der Waals surface area contributed by atoms with Crippen LogP contribution in [0.5, 0.6) is 0 Å². The number of amides is 2. The minimum Gasteiger partial charge on any atom is -0.354 e. The zero-order chi connectivity index (χ0) is 14.4. The second kappa shape index (κ2) is 7.45. The Bertz CT molecular complexity index is 320. The highest BCUT2D eigenvalue weighted by atomic mass is 16.2. The molecule has 0 aromatic carbocycles. The fourth-order valence-electron chi connectivity index (χ4n) is 2.10. The van der Waals surface area contributed by atoms with Gasteiger partial charge in [-0.2, -0.15) is 0 Å². The van der Waals surface area contributed by atoms with Gasteiger partial charge in [-0.3, -0.25) is 9.59 Å². The molecule has 0 aromatic heterocycles. The number of hydrogen-bond donors (Lipinski definition) is 3. The quantitative estimate of drug-likeness (QED) is 0.587. The number of nitrogens with zero attached hydrogens (tertiary/aromatic N) is 1. The van der Waals surface area contributed by atoms with Gasteiger partial charge in [-0.05, 0) is 31.8 Å². The molecule has 19 heavy (non-hydrogen) atoms. The lowest BCUT2D eigenvalue weighted by atomic mass is 10.1. The third-order valence-corrected chi connectivity index (χ3v) is 3.52. The number of likely N-dealkylation sites (tertiary alicyclic amines) is 1. The van der Waals surface area contributed by atoms with E-state index in [1.54, 1.807) is 0 Å². The first kappa shape index (κ1) is 15.9.